The molecular formula is C24H50O4SZn. The van der Waals surface area contributed by atoms with Crippen LogP contribution in [0.1, 0.15) is 142 Å². The second-order valence-corrected chi connectivity index (χ2v) is 9.70. The summed E-state index contributed by atoms with van der Waals surface area (Å²) >= 11 is 0. The molecule has 0 fully saturated rings. The molecule has 30 heavy (non-hydrogen) atoms. The fourth-order valence-electron chi connectivity index (χ4n) is 3.53. The van der Waals surface area contributed by atoms with Crippen molar-refractivity contribution >= 4 is 10.4 Å². The normalized spacial score (nSPS) is 11.5. The Bertz CT molecular complexity index is 383. The Morgan fingerprint density at radius 3 is 0.933 bits per heavy atom. The summed E-state index contributed by atoms with van der Waals surface area (Å²) in [6.07, 6.45) is 24.4. The van der Waals surface area contributed by atoms with E-state index >= 15 is 0 Å². The Morgan fingerprint density at radius 1 is 0.433 bits per heavy atom. The van der Waals surface area contributed by atoms with E-state index in [1.807, 2.05) is 0 Å². The van der Waals surface area contributed by atoms with Gasteiger partial charge in [0.2, 0.25) is 0 Å². The summed E-state index contributed by atoms with van der Waals surface area (Å²) in [6.45, 7) is 4.98. The summed E-state index contributed by atoms with van der Waals surface area (Å²) in [7, 11) is -3.80. The van der Waals surface area contributed by atoms with Crippen molar-refractivity contribution < 1.29 is 36.3 Å². The first-order valence-electron chi connectivity index (χ1n) is 12.7. The van der Waals surface area contributed by atoms with Gasteiger partial charge in [0.25, 0.3) is 0 Å². The standard InChI is InChI=1S/C24H50O4S.Zn/c1-3-5-7-9-11-13-15-17-19-21-23-27-29(25,26)28-24-22-20-18-16-14-12-10-8-6-4-2;/h3-24H2,1-2H3;. The molecule has 0 N–H and O–H groups in total. The third-order valence-corrected chi connectivity index (χ3v) is 6.36. The van der Waals surface area contributed by atoms with Crippen molar-refractivity contribution in [2.24, 2.45) is 0 Å². The SMILES string of the molecule is CCCCCCCCCCCCOS(=O)(=O)OCCCCCCCCCCCC.[Zn]. The molecule has 178 valence electrons. The van der Waals surface area contributed by atoms with E-state index in [1.54, 1.807) is 0 Å². The molecule has 0 aliphatic carbocycles. The molecule has 0 unspecified atom stereocenters. The zero-order valence-electron chi connectivity index (χ0n) is 20.3. The Labute approximate surface area is 201 Å². The van der Waals surface area contributed by atoms with Crippen molar-refractivity contribution in [1.29, 1.82) is 0 Å². The molecule has 0 spiro atoms. The molecule has 6 heteroatoms. The first-order chi connectivity index (χ1) is 14.1. The Kier molecular flexibility index (Phi) is 28.0. The van der Waals surface area contributed by atoms with Crippen LogP contribution in [-0.2, 0) is 38.2 Å². The van der Waals surface area contributed by atoms with Crippen LogP contribution in [-0.4, -0.2) is 21.6 Å². The molecule has 0 aliphatic heterocycles. The van der Waals surface area contributed by atoms with E-state index in [9.17, 15) is 8.42 Å². The van der Waals surface area contributed by atoms with E-state index in [2.05, 4.69) is 13.8 Å². The van der Waals surface area contributed by atoms with Crippen LogP contribution in [0, 0.1) is 0 Å². The quantitative estimate of drug-likeness (QED) is 0.0993. The second kappa shape index (κ2) is 25.8. The van der Waals surface area contributed by atoms with Crippen LogP contribution in [0.15, 0.2) is 0 Å². The van der Waals surface area contributed by atoms with Crippen LogP contribution < -0.4 is 0 Å². The van der Waals surface area contributed by atoms with E-state index in [1.165, 1.54) is 89.9 Å². The van der Waals surface area contributed by atoms with E-state index < -0.39 is 10.4 Å². The summed E-state index contributed by atoms with van der Waals surface area (Å²) in [4.78, 5) is 0. The van der Waals surface area contributed by atoms with Crippen molar-refractivity contribution in [3.63, 3.8) is 0 Å². The monoisotopic (exact) mass is 498 g/mol. The van der Waals surface area contributed by atoms with E-state index in [0.717, 1.165) is 38.5 Å². The van der Waals surface area contributed by atoms with Crippen LogP contribution in [0.3, 0.4) is 0 Å². The smallest absolute Gasteiger partial charge is 0.248 e. The van der Waals surface area contributed by atoms with Gasteiger partial charge in [0.15, 0.2) is 0 Å². The fraction of sp³-hybridized carbons (Fsp3) is 1.00. The molecule has 0 aromatic heterocycles. The van der Waals surface area contributed by atoms with Gasteiger partial charge in [-0.05, 0) is 12.8 Å². The molecule has 0 rings (SSSR count). The van der Waals surface area contributed by atoms with Gasteiger partial charge < -0.3 is 0 Å². The molecule has 0 saturated heterocycles. The molecule has 0 bridgehead atoms. The zero-order valence-corrected chi connectivity index (χ0v) is 24.1. The molecular weight excluding hydrogens is 450 g/mol. The minimum absolute atomic E-state index is 0. The third-order valence-electron chi connectivity index (χ3n) is 5.45. The number of rotatable bonds is 24. The Morgan fingerprint density at radius 2 is 0.667 bits per heavy atom. The predicted octanol–water partition coefficient (Wildman–Crippen LogP) is 8.10. The van der Waals surface area contributed by atoms with Crippen molar-refractivity contribution in [3.8, 4) is 0 Å². The van der Waals surface area contributed by atoms with Crippen LogP contribution in [0.25, 0.3) is 0 Å². The van der Waals surface area contributed by atoms with Crippen LogP contribution >= 0.6 is 0 Å². The summed E-state index contributed by atoms with van der Waals surface area (Å²) in [5.41, 5.74) is 0. The molecule has 0 amide bonds. The van der Waals surface area contributed by atoms with Gasteiger partial charge in [-0.1, -0.05) is 129 Å². The summed E-state index contributed by atoms with van der Waals surface area (Å²) in [5.74, 6) is 0. The largest absolute Gasteiger partial charge is 0.399 e. The first-order valence-corrected chi connectivity index (χ1v) is 14.0. The van der Waals surface area contributed by atoms with Gasteiger partial charge in [0.05, 0.1) is 13.2 Å². The van der Waals surface area contributed by atoms with Gasteiger partial charge in [-0.3, -0.25) is 0 Å². The minimum Gasteiger partial charge on any atom is -0.248 e. The van der Waals surface area contributed by atoms with Crippen molar-refractivity contribution in [2.75, 3.05) is 13.2 Å². The molecule has 0 saturated carbocycles. The maximum Gasteiger partial charge on any atom is 0.399 e. The molecule has 0 heterocycles. The average Bonchev–Trinajstić information content (AvgIpc) is 2.70. The van der Waals surface area contributed by atoms with Gasteiger partial charge in [-0.25, -0.2) is 8.37 Å². The van der Waals surface area contributed by atoms with Crippen molar-refractivity contribution in [3.05, 3.63) is 0 Å². The molecule has 0 atom stereocenters. The van der Waals surface area contributed by atoms with Gasteiger partial charge in [0.1, 0.15) is 0 Å². The van der Waals surface area contributed by atoms with E-state index in [4.69, 9.17) is 8.37 Å². The molecule has 0 aromatic rings. The average molecular weight is 500 g/mol. The van der Waals surface area contributed by atoms with Crippen LogP contribution in [0.4, 0.5) is 0 Å². The van der Waals surface area contributed by atoms with Crippen LogP contribution in [0.2, 0.25) is 0 Å². The van der Waals surface area contributed by atoms with Crippen LogP contribution in [0.5, 0.6) is 0 Å². The maximum absolute atomic E-state index is 11.7. The van der Waals surface area contributed by atoms with E-state index in [-0.39, 0.29) is 32.7 Å². The zero-order chi connectivity index (χ0) is 21.5. The van der Waals surface area contributed by atoms with Crippen molar-refractivity contribution in [2.45, 2.75) is 142 Å². The summed E-state index contributed by atoms with van der Waals surface area (Å²) in [5, 5.41) is 0. The van der Waals surface area contributed by atoms with Gasteiger partial charge in [-0.2, -0.15) is 8.42 Å². The molecule has 4 nitrogen and oxygen atoms in total. The van der Waals surface area contributed by atoms with Gasteiger partial charge in [-0.15, -0.1) is 0 Å². The Hall–Kier alpha value is 0.493. The summed E-state index contributed by atoms with van der Waals surface area (Å²) in [6, 6.07) is 0. The Balaban J connectivity index is 0. The van der Waals surface area contributed by atoms with E-state index in [0.29, 0.717) is 0 Å². The summed E-state index contributed by atoms with van der Waals surface area (Å²) < 4.78 is 33.3. The topological polar surface area (TPSA) is 52.6 Å². The maximum atomic E-state index is 11.7. The fourth-order valence-corrected chi connectivity index (χ4v) is 4.25. The minimum atomic E-state index is -3.80. The predicted molar refractivity (Wildman–Crippen MR) is 125 cm³/mol. The second-order valence-electron chi connectivity index (χ2n) is 8.42. The molecule has 0 aliphatic rings. The first kappa shape index (κ1) is 32.7. The number of unbranched alkanes of at least 4 members (excludes halogenated alkanes) is 18. The van der Waals surface area contributed by atoms with Gasteiger partial charge >= 0.3 is 10.4 Å². The third kappa shape index (κ3) is 26.5. The molecule has 0 radical (unpaired) electrons. The molecule has 0 aromatic carbocycles. The number of hydrogen-bond donors (Lipinski definition) is 0. The van der Waals surface area contributed by atoms with Crippen molar-refractivity contribution in [1.82, 2.24) is 0 Å². The number of hydrogen-bond acceptors (Lipinski definition) is 4. The van der Waals surface area contributed by atoms with Gasteiger partial charge in [0, 0.05) is 19.5 Å².